The standard InChI is InChI=1S/C10H12IN3O/c11-8-9(12-6-13-10(8)15)14-7-4-2-1-3-5-7/h1-2,6-7H,3-5H2,(H2,12,13,14,15). The topological polar surface area (TPSA) is 57.8 Å². The molecular formula is C10H12IN3O. The van der Waals surface area contributed by atoms with Crippen LogP contribution in [0.1, 0.15) is 19.3 Å². The first kappa shape index (κ1) is 10.7. The number of nitrogens with zero attached hydrogens (tertiary/aromatic N) is 1. The monoisotopic (exact) mass is 317 g/mol. The molecule has 1 aromatic rings. The fraction of sp³-hybridized carbons (Fsp3) is 0.400. The number of hydrogen-bond donors (Lipinski definition) is 2. The number of H-pyrrole nitrogens is 1. The Balaban J connectivity index is 2.13. The van der Waals surface area contributed by atoms with E-state index in [9.17, 15) is 4.79 Å². The van der Waals surface area contributed by atoms with Gasteiger partial charge in [0.25, 0.3) is 5.56 Å². The van der Waals surface area contributed by atoms with Crippen molar-refractivity contribution in [1.82, 2.24) is 9.97 Å². The van der Waals surface area contributed by atoms with Crippen LogP contribution in [0.15, 0.2) is 23.3 Å². The number of hydrogen-bond acceptors (Lipinski definition) is 3. The number of aromatic amines is 1. The maximum Gasteiger partial charge on any atom is 0.266 e. The molecule has 0 aromatic carbocycles. The maximum absolute atomic E-state index is 11.3. The van der Waals surface area contributed by atoms with Gasteiger partial charge in [0.1, 0.15) is 9.39 Å². The van der Waals surface area contributed by atoms with Crippen LogP contribution >= 0.6 is 22.6 Å². The summed E-state index contributed by atoms with van der Waals surface area (Å²) in [6, 6.07) is 0.401. The molecule has 0 saturated carbocycles. The summed E-state index contributed by atoms with van der Waals surface area (Å²) in [5, 5.41) is 3.30. The van der Waals surface area contributed by atoms with E-state index in [0.717, 1.165) is 19.3 Å². The summed E-state index contributed by atoms with van der Waals surface area (Å²) >= 11 is 2.01. The average Bonchev–Trinajstić information content (AvgIpc) is 2.26. The molecule has 0 spiro atoms. The van der Waals surface area contributed by atoms with Crippen molar-refractivity contribution in [3.8, 4) is 0 Å². The van der Waals surface area contributed by atoms with Gasteiger partial charge in [0.05, 0.1) is 6.33 Å². The lowest BCUT2D eigenvalue weighted by Crippen LogP contribution is -2.24. The van der Waals surface area contributed by atoms with Crippen molar-refractivity contribution in [2.45, 2.75) is 25.3 Å². The normalized spacial score (nSPS) is 20.2. The first-order valence-electron chi connectivity index (χ1n) is 4.92. The van der Waals surface area contributed by atoms with E-state index in [1.807, 2.05) is 22.6 Å². The van der Waals surface area contributed by atoms with Gasteiger partial charge >= 0.3 is 0 Å². The molecule has 1 aliphatic rings. The molecule has 4 nitrogen and oxygen atoms in total. The SMILES string of the molecule is O=c1[nH]cnc(NC2CC=CCC2)c1I. The van der Waals surface area contributed by atoms with Gasteiger partial charge in [-0.1, -0.05) is 12.2 Å². The van der Waals surface area contributed by atoms with E-state index in [1.54, 1.807) is 0 Å². The molecule has 80 valence electrons. The smallest absolute Gasteiger partial charge is 0.266 e. The molecular weight excluding hydrogens is 305 g/mol. The van der Waals surface area contributed by atoms with Gasteiger partial charge in [0.15, 0.2) is 0 Å². The molecule has 0 amide bonds. The van der Waals surface area contributed by atoms with Crippen LogP contribution in [-0.4, -0.2) is 16.0 Å². The Labute approximate surface area is 101 Å². The van der Waals surface area contributed by atoms with E-state index < -0.39 is 0 Å². The van der Waals surface area contributed by atoms with Crippen molar-refractivity contribution >= 4 is 28.4 Å². The molecule has 0 aliphatic heterocycles. The molecule has 0 bridgehead atoms. The highest BCUT2D eigenvalue weighted by molar-refractivity contribution is 14.1. The first-order valence-corrected chi connectivity index (χ1v) is 6.00. The van der Waals surface area contributed by atoms with Gasteiger partial charge in [-0.05, 0) is 41.9 Å². The predicted octanol–water partition coefficient (Wildman–Crippen LogP) is 1.90. The zero-order chi connectivity index (χ0) is 10.7. The molecule has 1 aliphatic carbocycles. The van der Waals surface area contributed by atoms with E-state index in [4.69, 9.17) is 0 Å². The van der Waals surface area contributed by atoms with Gasteiger partial charge in [-0.2, -0.15) is 0 Å². The molecule has 0 fully saturated rings. The second-order valence-corrected chi connectivity index (χ2v) is 4.60. The zero-order valence-electron chi connectivity index (χ0n) is 8.16. The summed E-state index contributed by atoms with van der Waals surface area (Å²) in [6.45, 7) is 0. The summed E-state index contributed by atoms with van der Waals surface area (Å²) in [6.07, 6.45) is 8.99. The lowest BCUT2D eigenvalue weighted by atomic mass is 10.0. The van der Waals surface area contributed by atoms with E-state index >= 15 is 0 Å². The summed E-state index contributed by atoms with van der Waals surface area (Å²) < 4.78 is 0.629. The Kier molecular flexibility index (Phi) is 3.40. The Morgan fingerprint density at radius 1 is 1.53 bits per heavy atom. The van der Waals surface area contributed by atoms with Crippen LogP contribution in [0.3, 0.4) is 0 Å². The minimum atomic E-state index is -0.0838. The van der Waals surface area contributed by atoms with Crippen molar-refractivity contribution in [2.24, 2.45) is 0 Å². The highest BCUT2D eigenvalue weighted by Crippen LogP contribution is 2.17. The second-order valence-electron chi connectivity index (χ2n) is 3.52. The third kappa shape index (κ3) is 2.58. The van der Waals surface area contributed by atoms with Gasteiger partial charge in [0.2, 0.25) is 0 Å². The van der Waals surface area contributed by atoms with E-state index in [2.05, 4.69) is 27.4 Å². The third-order valence-electron chi connectivity index (χ3n) is 2.41. The lowest BCUT2D eigenvalue weighted by Gasteiger charge is -2.20. The summed E-state index contributed by atoms with van der Waals surface area (Å²) in [4.78, 5) is 18.0. The summed E-state index contributed by atoms with van der Waals surface area (Å²) in [5.74, 6) is 0.694. The zero-order valence-corrected chi connectivity index (χ0v) is 10.3. The Bertz CT molecular complexity index is 427. The quantitative estimate of drug-likeness (QED) is 0.647. The molecule has 1 aromatic heterocycles. The Morgan fingerprint density at radius 3 is 3.13 bits per heavy atom. The van der Waals surface area contributed by atoms with Crippen LogP contribution in [0.4, 0.5) is 5.82 Å². The van der Waals surface area contributed by atoms with Crippen molar-refractivity contribution in [1.29, 1.82) is 0 Å². The maximum atomic E-state index is 11.3. The predicted molar refractivity (Wildman–Crippen MR) is 68.0 cm³/mol. The number of aromatic nitrogens is 2. The summed E-state index contributed by atoms with van der Waals surface area (Å²) in [5.41, 5.74) is -0.0838. The molecule has 0 saturated heterocycles. The first-order chi connectivity index (χ1) is 7.27. The lowest BCUT2D eigenvalue weighted by molar-refractivity contribution is 0.641. The van der Waals surface area contributed by atoms with Crippen LogP contribution < -0.4 is 10.9 Å². The number of nitrogens with one attached hydrogen (secondary N) is 2. The molecule has 1 heterocycles. The third-order valence-corrected chi connectivity index (χ3v) is 3.41. The summed E-state index contributed by atoms with van der Waals surface area (Å²) in [7, 11) is 0. The van der Waals surface area contributed by atoms with Gasteiger partial charge in [0, 0.05) is 6.04 Å². The van der Waals surface area contributed by atoms with Crippen LogP contribution in [0.2, 0.25) is 0 Å². The Hall–Kier alpha value is -0.850. The van der Waals surface area contributed by atoms with Crippen LogP contribution in [0.5, 0.6) is 0 Å². The second kappa shape index (κ2) is 4.78. The molecule has 2 N–H and O–H groups in total. The van der Waals surface area contributed by atoms with Crippen LogP contribution in [-0.2, 0) is 0 Å². The van der Waals surface area contributed by atoms with E-state index in [1.165, 1.54) is 6.33 Å². The molecule has 5 heteroatoms. The molecule has 0 radical (unpaired) electrons. The van der Waals surface area contributed by atoms with Crippen molar-refractivity contribution < 1.29 is 0 Å². The number of allylic oxidation sites excluding steroid dienone is 1. The fourth-order valence-electron chi connectivity index (χ4n) is 1.60. The number of rotatable bonds is 2. The highest BCUT2D eigenvalue weighted by atomic mass is 127. The Morgan fingerprint density at radius 2 is 2.40 bits per heavy atom. The van der Waals surface area contributed by atoms with Crippen LogP contribution in [0.25, 0.3) is 0 Å². The molecule has 2 rings (SSSR count). The number of anilines is 1. The number of halogens is 1. The fourth-order valence-corrected chi connectivity index (χ4v) is 2.05. The van der Waals surface area contributed by atoms with E-state index in [-0.39, 0.29) is 5.56 Å². The van der Waals surface area contributed by atoms with Gasteiger partial charge in [-0.3, -0.25) is 4.79 Å². The average molecular weight is 317 g/mol. The van der Waals surface area contributed by atoms with Gasteiger partial charge in [-0.25, -0.2) is 4.98 Å². The van der Waals surface area contributed by atoms with Crippen molar-refractivity contribution in [2.75, 3.05) is 5.32 Å². The largest absolute Gasteiger partial charge is 0.366 e. The molecule has 15 heavy (non-hydrogen) atoms. The molecule has 1 atom stereocenters. The van der Waals surface area contributed by atoms with Crippen LogP contribution in [0, 0.1) is 3.57 Å². The molecule has 1 unspecified atom stereocenters. The van der Waals surface area contributed by atoms with Crippen molar-refractivity contribution in [3.05, 3.63) is 32.4 Å². The minimum absolute atomic E-state index is 0.0838. The van der Waals surface area contributed by atoms with Crippen molar-refractivity contribution in [3.63, 3.8) is 0 Å². The van der Waals surface area contributed by atoms with Gasteiger partial charge in [-0.15, -0.1) is 0 Å². The van der Waals surface area contributed by atoms with E-state index in [0.29, 0.717) is 15.4 Å². The van der Waals surface area contributed by atoms with Gasteiger partial charge < -0.3 is 10.3 Å². The highest BCUT2D eigenvalue weighted by Gasteiger charge is 2.12. The minimum Gasteiger partial charge on any atom is -0.366 e.